The Labute approximate surface area is 125 Å². The smallest absolute Gasteiger partial charge is 0.417 e. The molecule has 0 radical (unpaired) electrons. The van der Waals surface area contributed by atoms with Crippen LogP contribution < -0.4 is 4.74 Å². The van der Waals surface area contributed by atoms with Gasteiger partial charge in [0.25, 0.3) is 0 Å². The molecule has 0 amide bonds. The summed E-state index contributed by atoms with van der Waals surface area (Å²) in [5, 5.41) is 9.06. The Hall–Kier alpha value is -1.47. The van der Waals surface area contributed by atoms with Gasteiger partial charge in [-0.15, -0.1) is 0 Å². The molecule has 0 aliphatic carbocycles. The van der Waals surface area contributed by atoms with Crippen LogP contribution in [0.15, 0.2) is 34.9 Å². The van der Waals surface area contributed by atoms with Gasteiger partial charge in [-0.05, 0) is 40.2 Å². The minimum Gasteiger partial charge on any atom is -0.507 e. The Morgan fingerprint density at radius 1 is 1.25 bits per heavy atom. The molecule has 0 spiro atoms. The first-order valence-electron chi connectivity index (χ1n) is 5.16. The molecule has 3 nitrogen and oxygen atoms in total. The van der Waals surface area contributed by atoms with Crippen LogP contribution in [0.25, 0.3) is 0 Å². The zero-order valence-corrected chi connectivity index (χ0v) is 11.9. The summed E-state index contributed by atoms with van der Waals surface area (Å²) in [5.41, 5.74) is -0.957. The lowest BCUT2D eigenvalue weighted by Crippen LogP contribution is -2.05. The van der Waals surface area contributed by atoms with Crippen LogP contribution in [0.2, 0.25) is 5.02 Å². The maximum atomic E-state index is 12.5. The van der Waals surface area contributed by atoms with E-state index in [-0.39, 0.29) is 22.4 Å². The predicted octanol–water partition coefficient (Wildman–Crippen LogP) is 5.01. The highest BCUT2D eigenvalue weighted by atomic mass is 79.9. The van der Waals surface area contributed by atoms with Crippen LogP contribution in [-0.2, 0) is 6.18 Å². The van der Waals surface area contributed by atoms with Gasteiger partial charge in [0.2, 0.25) is 5.88 Å². The third-order valence-electron chi connectivity index (χ3n) is 2.27. The molecule has 0 aliphatic rings. The molecule has 1 heterocycles. The first-order chi connectivity index (χ1) is 9.27. The van der Waals surface area contributed by atoms with Gasteiger partial charge in [0.05, 0.1) is 10.0 Å². The van der Waals surface area contributed by atoms with Crippen molar-refractivity contribution in [2.24, 2.45) is 0 Å². The lowest BCUT2D eigenvalue weighted by Gasteiger charge is -2.10. The fourth-order valence-corrected chi connectivity index (χ4v) is 1.88. The molecule has 0 saturated heterocycles. The Kier molecular flexibility index (Phi) is 4.10. The third-order valence-corrected chi connectivity index (χ3v) is 3.17. The topological polar surface area (TPSA) is 42.4 Å². The first-order valence-corrected chi connectivity index (χ1v) is 6.33. The van der Waals surface area contributed by atoms with Crippen molar-refractivity contribution in [3.8, 4) is 17.4 Å². The average molecular weight is 369 g/mol. The second-order valence-corrected chi connectivity index (χ2v) is 4.99. The lowest BCUT2D eigenvalue weighted by atomic mass is 10.3. The van der Waals surface area contributed by atoms with E-state index >= 15 is 0 Å². The quantitative estimate of drug-likeness (QED) is 0.810. The molecule has 0 saturated carbocycles. The van der Waals surface area contributed by atoms with Crippen LogP contribution in [0.1, 0.15) is 5.56 Å². The van der Waals surface area contributed by atoms with Crippen LogP contribution in [0.3, 0.4) is 0 Å². The van der Waals surface area contributed by atoms with E-state index < -0.39 is 11.7 Å². The number of alkyl halides is 3. The fraction of sp³-hybridized carbons (Fsp3) is 0.0833. The highest BCUT2D eigenvalue weighted by Crippen LogP contribution is 2.36. The van der Waals surface area contributed by atoms with E-state index in [1.807, 2.05) is 0 Å². The summed E-state index contributed by atoms with van der Waals surface area (Å²) in [6.07, 6.45) is -3.88. The van der Waals surface area contributed by atoms with Crippen molar-refractivity contribution < 1.29 is 23.0 Å². The number of hydrogen-bond acceptors (Lipinski definition) is 3. The minimum atomic E-state index is -4.52. The molecule has 1 aromatic carbocycles. The highest BCUT2D eigenvalue weighted by Gasteiger charge is 2.31. The second kappa shape index (κ2) is 5.49. The third kappa shape index (κ3) is 3.34. The van der Waals surface area contributed by atoms with E-state index in [1.165, 1.54) is 18.2 Å². The summed E-state index contributed by atoms with van der Waals surface area (Å²) in [6.45, 7) is 0. The van der Waals surface area contributed by atoms with Crippen molar-refractivity contribution in [1.82, 2.24) is 4.98 Å². The largest absolute Gasteiger partial charge is 0.507 e. The van der Waals surface area contributed by atoms with E-state index in [0.717, 1.165) is 6.07 Å². The van der Waals surface area contributed by atoms with E-state index in [0.29, 0.717) is 10.7 Å². The minimum absolute atomic E-state index is 0.00354. The van der Waals surface area contributed by atoms with Crippen LogP contribution >= 0.6 is 27.5 Å². The molecule has 2 rings (SSSR count). The lowest BCUT2D eigenvalue weighted by molar-refractivity contribution is -0.137. The molecule has 1 N–H and O–H groups in total. The van der Waals surface area contributed by atoms with E-state index in [2.05, 4.69) is 20.9 Å². The number of pyridine rings is 1. The monoisotopic (exact) mass is 367 g/mol. The molecule has 20 heavy (non-hydrogen) atoms. The summed E-state index contributed by atoms with van der Waals surface area (Å²) >= 11 is 8.79. The van der Waals surface area contributed by atoms with E-state index in [9.17, 15) is 18.3 Å². The van der Waals surface area contributed by atoms with Gasteiger partial charge >= 0.3 is 6.18 Å². The molecular weight excluding hydrogens is 362 g/mol. The summed E-state index contributed by atoms with van der Waals surface area (Å²) in [5.74, 6) is 0.116. The van der Waals surface area contributed by atoms with Crippen LogP contribution in [-0.4, -0.2) is 10.1 Å². The molecule has 8 heteroatoms. The molecule has 0 atom stereocenters. The van der Waals surface area contributed by atoms with Gasteiger partial charge in [0, 0.05) is 6.20 Å². The Morgan fingerprint density at radius 2 is 1.95 bits per heavy atom. The first kappa shape index (κ1) is 14.9. The van der Waals surface area contributed by atoms with Gasteiger partial charge in [-0.2, -0.15) is 13.2 Å². The second-order valence-electron chi connectivity index (χ2n) is 3.72. The molecular formula is C12H6BrClF3NO2. The van der Waals surface area contributed by atoms with Crippen LogP contribution in [0.5, 0.6) is 17.4 Å². The highest BCUT2D eigenvalue weighted by molar-refractivity contribution is 9.10. The molecule has 106 valence electrons. The number of phenols is 1. The predicted molar refractivity (Wildman–Crippen MR) is 70.1 cm³/mol. The van der Waals surface area contributed by atoms with Crippen molar-refractivity contribution >= 4 is 27.5 Å². The number of rotatable bonds is 2. The molecule has 0 aliphatic heterocycles. The number of benzene rings is 1. The zero-order valence-electron chi connectivity index (χ0n) is 9.58. The molecule has 0 fully saturated rings. The molecule has 1 aromatic heterocycles. The standard InChI is InChI=1S/C12H6BrClF3NO2/c13-8-4-7(1-2-10(8)19)20-11-9(14)3-6(5-18-11)12(15,16)17/h1-5,19H. The van der Waals surface area contributed by atoms with Crippen molar-refractivity contribution in [2.45, 2.75) is 6.18 Å². The number of hydrogen-bond donors (Lipinski definition) is 1. The molecule has 0 unspecified atom stereocenters. The number of ether oxygens (including phenoxy) is 1. The molecule has 0 bridgehead atoms. The van der Waals surface area contributed by atoms with Crippen molar-refractivity contribution in [3.05, 3.63) is 45.5 Å². The summed E-state index contributed by atoms with van der Waals surface area (Å²) in [7, 11) is 0. The number of phenolic OH excluding ortho intramolecular Hbond substituents is 1. The van der Waals surface area contributed by atoms with E-state index in [4.69, 9.17) is 16.3 Å². The van der Waals surface area contributed by atoms with Crippen LogP contribution in [0.4, 0.5) is 13.2 Å². The van der Waals surface area contributed by atoms with Crippen LogP contribution in [0, 0.1) is 0 Å². The van der Waals surface area contributed by atoms with E-state index in [1.54, 1.807) is 0 Å². The van der Waals surface area contributed by atoms with Gasteiger partial charge < -0.3 is 9.84 Å². The van der Waals surface area contributed by atoms with Gasteiger partial charge in [-0.3, -0.25) is 0 Å². The zero-order chi connectivity index (χ0) is 14.9. The number of aromatic hydroxyl groups is 1. The van der Waals surface area contributed by atoms with Crippen molar-refractivity contribution in [2.75, 3.05) is 0 Å². The number of aromatic nitrogens is 1. The maximum Gasteiger partial charge on any atom is 0.417 e. The van der Waals surface area contributed by atoms with Gasteiger partial charge in [0.15, 0.2) is 0 Å². The van der Waals surface area contributed by atoms with Gasteiger partial charge in [-0.25, -0.2) is 4.98 Å². The van der Waals surface area contributed by atoms with Crippen molar-refractivity contribution in [3.63, 3.8) is 0 Å². The SMILES string of the molecule is Oc1ccc(Oc2ncc(C(F)(F)F)cc2Cl)cc1Br. The van der Waals surface area contributed by atoms with Gasteiger partial charge in [-0.1, -0.05) is 11.6 Å². The number of halogens is 5. The summed E-state index contributed by atoms with van der Waals surface area (Å²) in [4.78, 5) is 3.54. The summed E-state index contributed by atoms with van der Waals surface area (Å²) < 4.78 is 43.0. The average Bonchev–Trinajstić information content (AvgIpc) is 2.35. The Bertz CT molecular complexity index is 649. The normalized spacial score (nSPS) is 11.4. The van der Waals surface area contributed by atoms with Gasteiger partial charge in [0.1, 0.15) is 16.5 Å². The Balaban J connectivity index is 2.28. The number of nitrogens with zero attached hydrogens (tertiary/aromatic N) is 1. The van der Waals surface area contributed by atoms with Crippen molar-refractivity contribution in [1.29, 1.82) is 0 Å². The maximum absolute atomic E-state index is 12.5. The summed E-state index contributed by atoms with van der Waals surface area (Å²) in [6, 6.07) is 4.96. The molecule has 2 aromatic rings. The Morgan fingerprint density at radius 3 is 2.50 bits per heavy atom. The fourth-order valence-electron chi connectivity index (χ4n) is 1.32.